The first-order valence-corrected chi connectivity index (χ1v) is 5.88. The Bertz CT molecular complexity index is 660. The maximum absolute atomic E-state index is 13.9. The van der Waals surface area contributed by atoms with Crippen LogP contribution >= 0.6 is 0 Å². The summed E-state index contributed by atoms with van der Waals surface area (Å²) in [6.45, 7) is -0.00338. The van der Waals surface area contributed by atoms with Crippen LogP contribution in [0.2, 0.25) is 0 Å². The predicted octanol–water partition coefficient (Wildman–Crippen LogP) is 2.54. The molecule has 1 aromatic carbocycles. The van der Waals surface area contributed by atoms with Gasteiger partial charge in [-0.3, -0.25) is 14.9 Å². The smallest absolute Gasteiger partial charge is 0.298 e. The lowest BCUT2D eigenvalue weighted by Crippen LogP contribution is -2.27. The van der Waals surface area contributed by atoms with Gasteiger partial charge in [-0.15, -0.1) is 0 Å². The third kappa shape index (κ3) is 2.90. The Kier molecular flexibility index (Phi) is 3.99. The van der Waals surface area contributed by atoms with Crippen molar-refractivity contribution in [1.29, 1.82) is 0 Å². The highest BCUT2D eigenvalue weighted by atomic mass is 19.1. The molecule has 110 valence electrons. The number of amides is 1. The van der Waals surface area contributed by atoms with E-state index in [1.54, 1.807) is 0 Å². The molecule has 0 aromatic heterocycles. The number of hydrogen-bond acceptors (Lipinski definition) is 4. The zero-order valence-electron chi connectivity index (χ0n) is 10.6. The van der Waals surface area contributed by atoms with Crippen LogP contribution in [0.3, 0.4) is 0 Å². The summed E-state index contributed by atoms with van der Waals surface area (Å²) in [6.07, 6.45) is -0.0208. The summed E-state index contributed by atoms with van der Waals surface area (Å²) >= 11 is 0. The first kappa shape index (κ1) is 14.7. The Morgan fingerprint density at radius 3 is 2.86 bits per heavy atom. The van der Waals surface area contributed by atoms with Crippen LogP contribution < -0.4 is 4.90 Å². The third-order valence-corrected chi connectivity index (χ3v) is 3.08. The van der Waals surface area contributed by atoms with Crippen molar-refractivity contribution in [1.82, 2.24) is 0 Å². The number of nitro groups is 1. The molecule has 2 rings (SSSR count). The minimum Gasteiger partial charge on any atom is -0.304 e. The molecule has 0 N–H and O–H groups in total. The Morgan fingerprint density at radius 1 is 1.52 bits per heavy atom. The summed E-state index contributed by atoms with van der Waals surface area (Å²) in [5.41, 5.74) is 6.86. The number of nitrogens with zero attached hydrogens (tertiary/aromatic N) is 5. The molecule has 8 nitrogen and oxygen atoms in total. The van der Waals surface area contributed by atoms with Crippen molar-refractivity contribution in [2.24, 2.45) is 11.0 Å². The van der Waals surface area contributed by atoms with Gasteiger partial charge in [-0.2, -0.15) is 0 Å². The number of azide groups is 1. The number of benzene rings is 1. The molecule has 1 aliphatic heterocycles. The van der Waals surface area contributed by atoms with E-state index < -0.39 is 33.8 Å². The van der Waals surface area contributed by atoms with Gasteiger partial charge in [0.2, 0.25) is 5.91 Å². The summed E-state index contributed by atoms with van der Waals surface area (Å²) < 4.78 is 26.9. The number of carbonyl (C=O) groups is 1. The highest BCUT2D eigenvalue weighted by Gasteiger charge is 2.36. The van der Waals surface area contributed by atoms with Crippen LogP contribution in [0.4, 0.5) is 20.2 Å². The Hall–Kier alpha value is -2.74. The molecule has 1 amide bonds. The van der Waals surface area contributed by atoms with E-state index in [0.717, 1.165) is 4.90 Å². The second-order valence-corrected chi connectivity index (χ2v) is 4.50. The average molecular weight is 297 g/mol. The van der Waals surface area contributed by atoms with E-state index in [1.807, 2.05) is 0 Å². The molecule has 0 aliphatic carbocycles. The fraction of sp³-hybridized carbons (Fsp3) is 0.364. The molecule has 0 radical (unpaired) electrons. The number of anilines is 1. The molecular weight excluding hydrogens is 288 g/mol. The molecular formula is C11H9F2N5O3. The van der Waals surface area contributed by atoms with Crippen LogP contribution in [0.15, 0.2) is 17.2 Å². The summed E-state index contributed by atoms with van der Waals surface area (Å²) in [5, 5.41) is 14.2. The minimum absolute atomic E-state index is 0.0208. The Morgan fingerprint density at radius 2 is 2.24 bits per heavy atom. The van der Waals surface area contributed by atoms with E-state index in [2.05, 4.69) is 10.0 Å². The standard InChI is InChI=1S/C11H9F2N5O3/c12-7-2-8(13)11(9(3-7)18(20)21)17-5-6(1-10(17)19)4-15-16-14/h2-3,6H,1,4-5H2. The SMILES string of the molecule is [N-]=[N+]=NCC1CC(=O)N(c2c(F)cc(F)cc2[N+](=O)[O-])C1. The maximum Gasteiger partial charge on any atom is 0.298 e. The predicted molar refractivity (Wildman–Crippen MR) is 67.5 cm³/mol. The topological polar surface area (TPSA) is 112 Å². The average Bonchev–Trinajstić information content (AvgIpc) is 2.76. The van der Waals surface area contributed by atoms with Crippen LogP contribution in [0.1, 0.15) is 6.42 Å². The fourth-order valence-corrected chi connectivity index (χ4v) is 2.23. The normalized spacial score (nSPS) is 17.7. The molecule has 0 bridgehead atoms. The van der Waals surface area contributed by atoms with Gasteiger partial charge >= 0.3 is 0 Å². The van der Waals surface area contributed by atoms with Crippen LogP contribution in [-0.2, 0) is 4.79 Å². The number of carbonyl (C=O) groups excluding carboxylic acids is 1. The van der Waals surface area contributed by atoms with Gasteiger partial charge in [-0.05, 0) is 11.4 Å². The molecule has 0 spiro atoms. The van der Waals surface area contributed by atoms with Gasteiger partial charge < -0.3 is 4.90 Å². The fourth-order valence-electron chi connectivity index (χ4n) is 2.23. The van der Waals surface area contributed by atoms with Crippen molar-refractivity contribution in [2.75, 3.05) is 18.0 Å². The minimum atomic E-state index is -1.18. The molecule has 1 atom stereocenters. The Labute approximate surface area is 116 Å². The first-order valence-electron chi connectivity index (χ1n) is 5.88. The van der Waals surface area contributed by atoms with E-state index in [4.69, 9.17) is 5.53 Å². The van der Waals surface area contributed by atoms with Crippen LogP contribution in [0.25, 0.3) is 10.4 Å². The molecule has 1 aliphatic rings. The lowest BCUT2D eigenvalue weighted by atomic mass is 10.1. The van der Waals surface area contributed by atoms with E-state index in [0.29, 0.717) is 12.1 Å². The molecule has 1 aromatic rings. The zero-order valence-corrected chi connectivity index (χ0v) is 10.6. The highest BCUT2D eigenvalue weighted by Crippen LogP contribution is 2.36. The summed E-state index contributed by atoms with van der Waals surface area (Å²) in [6, 6.07) is 1.04. The number of halogens is 2. The van der Waals surface area contributed by atoms with Crippen molar-refractivity contribution in [3.63, 3.8) is 0 Å². The maximum atomic E-state index is 13.9. The number of nitro benzene ring substituents is 1. The second-order valence-electron chi connectivity index (χ2n) is 4.50. The van der Waals surface area contributed by atoms with E-state index in [1.165, 1.54) is 0 Å². The van der Waals surface area contributed by atoms with Gasteiger partial charge in [0.15, 0.2) is 11.5 Å². The van der Waals surface area contributed by atoms with Crippen molar-refractivity contribution < 1.29 is 18.5 Å². The first-order chi connectivity index (χ1) is 9.93. The van der Waals surface area contributed by atoms with Crippen molar-refractivity contribution in [3.8, 4) is 0 Å². The summed E-state index contributed by atoms with van der Waals surface area (Å²) in [4.78, 5) is 25.3. The molecule has 1 saturated heterocycles. The molecule has 10 heteroatoms. The summed E-state index contributed by atoms with van der Waals surface area (Å²) in [7, 11) is 0. The molecule has 0 saturated carbocycles. The van der Waals surface area contributed by atoms with Gasteiger partial charge in [-0.1, -0.05) is 5.11 Å². The molecule has 1 unspecified atom stereocenters. The molecule has 1 fully saturated rings. The van der Waals surface area contributed by atoms with Gasteiger partial charge in [-0.25, -0.2) is 8.78 Å². The van der Waals surface area contributed by atoms with Crippen molar-refractivity contribution >= 4 is 17.3 Å². The molecule has 21 heavy (non-hydrogen) atoms. The monoisotopic (exact) mass is 297 g/mol. The zero-order chi connectivity index (χ0) is 15.6. The Balaban J connectivity index is 2.40. The second kappa shape index (κ2) is 5.71. The van der Waals surface area contributed by atoms with Crippen molar-refractivity contribution in [3.05, 3.63) is 44.3 Å². The van der Waals surface area contributed by atoms with Crippen LogP contribution in [0.5, 0.6) is 0 Å². The molecule has 1 heterocycles. The number of rotatable bonds is 4. The summed E-state index contributed by atoms with van der Waals surface area (Å²) in [5.74, 6) is -3.18. The van der Waals surface area contributed by atoms with E-state index >= 15 is 0 Å². The van der Waals surface area contributed by atoms with Crippen LogP contribution in [-0.4, -0.2) is 23.9 Å². The van der Waals surface area contributed by atoms with E-state index in [9.17, 15) is 23.7 Å². The van der Waals surface area contributed by atoms with Crippen LogP contribution in [0, 0.1) is 27.7 Å². The van der Waals surface area contributed by atoms with Gasteiger partial charge in [0, 0.05) is 30.5 Å². The highest BCUT2D eigenvalue weighted by molar-refractivity contribution is 5.98. The van der Waals surface area contributed by atoms with Crippen molar-refractivity contribution in [2.45, 2.75) is 6.42 Å². The van der Waals surface area contributed by atoms with E-state index in [-0.39, 0.29) is 25.4 Å². The van der Waals surface area contributed by atoms with Gasteiger partial charge in [0.25, 0.3) is 5.69 Å². The third-order valence-electron chi connectivity index (χ3n) is 3.08. The van der Waals surface area contributed by atoms with Gasteiger partial charge in [0.1, 0.15) is 5.82 Å². The lowest BCUT2D eigenvalue weighted by molar-refractivity contribution is -0.384. The van der Waals surface area contributed by atoms with Gasteiger partial charge in [0.05, 0.1) is 11.0 Å². The largest absolute Gasteiger partial charge is 0.304 e. The lowest BCUT2D eigenvalue weighted by Gasteiger charge is -2.17. The number of hydrogen-bond donors (Lipinski definition) is 0. The quantitative estimate of drug-likeness (QED) is 0.280.